The Morgan fingerprint density at radius 2 is 1.77 bits per heavy atom. The number of hydrogen-bond donors (Lipinski definition) is 1. The van der Waals surface area contributed by atoms with Crippen LogP contribution in [0.2, 0.25) is 0 Å². The number of rotatable bonds is 6. The van der Waals surface area contributed by atoms with Crippen LogP contribution in [0.3, 0.4) is 0 Å². The van der Waals surface area contributed by atoms with E-state index in [4.69, 9.17) is 4.74 Å². The minimum atomic E-state index is -0.983. The van der Waals surface area contributed by atoms with Gasteiger partial charge >= 0.3 is 6.09 Å². The third-order valence-corrected chi connectivity index (χ3v) is 5.81. The van der Waals surface area contributed by atoms with Gasteiger partial charge in [-0.1, -0.05) is 30.3 Å². The molecule has 7 heteroatoms. The summed E-state index contributed by atoms with van der Waals surface area (Å²) in [5.41, 5.74) is 1.98. The van der Waals surface area contributed by atoms with E-state index < -0.39 is 12.1 Å². The van der Waals surface area contributed by atoms with Crippen LogP contribution in [0.4, 0.5) is 10.5 Å². The van der Waals surface area contributed by atoms with E-state index >= 15 is 0 Å². The first-order chi connectivity index (χ1) is 14.6. The molecule has 0 radical (unpaired) electrons. The lowest BCUT2D eigenvalue weighted by atomic mass is 10.1. The minimum absolute atomic E-state index is 0.0110. The molecule has 1 aliphatic heterocycles. The predicted octanol–water partition coefficient (Wildman–Crippen LogP) is 3.06. The molecular weight excluding hydrogens is 382 g/mol. The lowest BCUT2D eigenvalue weighted by molar-refractivity contribution is -0.134. The second-order valence-corrected chi connectivity index (χ2v) is 7.82. The summed E-state index contributed by atoms with van der Waals surface area (Å²) in [5, 5.41) is 9.52. The number of amides is 2. The molecule has 0 spiro atoms. The molecule has 2 aliphatic rings. The van der Waals surface area contributed by atoms with E-state index in [2.05, 4.69) is 0 Å². The van der Waals surface area contributed by atoms with Gasteiger partial charge in [-0.25, -0.2) is 4.79 Å². The molecule has 1 atom stereocenters. The van der Waals surface area contributed by atoms with Gasteiger partial charge < -0.3 is 24.5 Å². The van der Waals surface area contributed by atoms with Crippen molar-refractivity contribution in [3.05, 3.63) is 60.2 Å². The molecular formula is C23H27N3O4. The Bertz CT molecular complexity index is 883. The molecule has 2 aromatic rings. The highest BCUT2D eigenvalue weighted by molar-refractivity contribution is 5.87. The van der Waals surface area contributed by atoms with Gasteiger partial charge in [-0.05, 0) is 42.7 Å². The van der Waals surface area contributed by atoms with E-state index in [0.29, 0.717) is 19.6 Å². The van der Waals surface area contributed by atoms with Crippen LogP contribution in [-0.4, -0.2) is 65.7 Å². The predicted molar refractivity (Wildman–Crippen MR) is 114 cm³/mol. The van der Waals surface area contributed by atoms with Crippen molar-refractivity contribution in [3.63, 3.8) is 0 Å². The molecule has 7 nitrogen and oxygen atoms in total. The van der Waals surface area contributed by atoms with Crippen LogP contribution in [0, 0.1) is 0 Å². The van der Waals surface area contributed by atoms with E-state index in [0.717, 1.165) is 29.8 Å². The highest BCUT2D eigenvalue weighted by Gasteiger charge is 2.41. The summed E-state index contributed by atoms with van der Waals surface area (Å²) in [6, 6.07) is 17.2. The van der Waals surface area contributed by atoms with Crippen molar-refractivity contribution < 1.29 is 19.4 Å². The van der Waals surface area contributed by atoms with Crippen molar-refractivity contribution in [3.8, 4) is 5.75 Å². The third-order valence-electron chi connectivity index (χ3n) is 5.81. The number of benzene rings is 2. The van der Waals surface area contributed by atoms with Crippen LogP contribution in [0.1, 0.15) is 18.4 Å². The van der Waals surface area contributed by atoms with Crippen LogP contribution < -0.4 is 9.64 Å². The van der Waals surface area contributed by atoms with Crippen molar-refractivity contribution in [2.24, 2.45) is 0 Å². The third kappa shape index (κ3) is 4.35. The number of anilines is 1. The van der Waals surface area contributed by atoms with Crippen LogP contribution in [0.5, 0.6) is 5.75 Å². The highest BCUT2D eigenvalue weighted by atomic mass is 16.5. The molecule has 30 heavy (non-hydrogen) atoms. The van der Waals surface area contributed by atoms with E-state index in [9.17, 15) is 14.7 Å². The molecule has 4 rings (SSSR count). The molecule has 1 saturated carbocycles. The fourth-order valence-electron chi connectivity index (χ4n) is 4.00. The monoisotopic (exact) mass is 409 g/mol. The van der Waals surface area contributed by atoms with E-state index in [1.807, 2.05) is 64.4 Å². The van der Waals surface area contributed by atoms with Gasteiger partial charge in [-0.15, -0.1) is 0 Å². The number of piperazine rings is 1. The van der Waals surface area contributed by atoms with Gasteiger partial charge in [0.05, 0.1) is 13.7 Å². The normalized spacial score (nSPS) is 18.8. The van der Waals surface area contributed by atoms with E-state index in [-0.39, 0.29) is 18.5 Å². The van der Waals surface area contributed by atoms with Crippen LogP contribution in [0.25, 0.3) is 0 Å². The quantitative estimate of drug-likeness (QED) is 0.794. The van der Waals surface area contributed by atoms with Crippen LogP contribution in [-0.2, 0) is 11.3 Å². The van der Waals surface area contributed by atoms with Gasteiger partial charge in [0.25, 0.3) is 0 Å². The Hall–Kier alpha value is -3.22. The molecule has 2 fully saturated rings. The summed E-state index contributed by atoms with van der Waals surface area (Å²) in [6.07, 6.45) is 1.01. The lowest BCUT2D eigenvalue weighted by Gasteiger charge is -2.42. The molecule has 0 aromatic heterocycles. The fourth-order valence-corrected chi connectivity index (χ4v) is 4.00. The number of carbonyl (C=O) groups is 2. The van der Waals surface area contributed by atoms with Crippen LogP contribution >= 0.6 is 0 Å². The zero-order chi connectivity index (χ0) is 21.1. The Labute approximate surface area is 176 Å². The average Bonchev–Trinajstić information content (AvgIpc) is 3.62. The first kappa shape index (κ1) is 20.1. The highest BCUT2D eigenvalue weighted by Crippen LogP contribution is 2.31. The summed E-state index contributed by atoms with van der Waals surface area (Å²) in [4.78, 5) is 30.6. The molecule has 0 bridgehead atoms. The molecule has 1 unspecified atom stereocenters. The largest absolute Gasteiger partial charge is 0.497 e. The van der Waals surface area contributed by atoms with Crippen molar-refractivity contribution in [1.29, 1.82) is 0 Å². The maximum Gasteiger partial charge on any atom is 0.407 e. The maximum absolute atomic E-state index is 13.7. The van der Waals surface area contributed by atoms with Gasteiger partial charge in [0.2, 0.25) is 5.91 Å². The number of ether oxygens (including phenoxy) is 1. The van der Waals surface area contributed by atoms with Gasteiger partial charge in [0.15, 0.2) is 0 Å². The molecule has 1 heterocycles. The van der Waals surface area contributed by atoms with Crippen molar-refractivity contribution in [2.75, 3.05) is 31.6 Å². The summed E-state index contributed by atoms with van der Waals surface area (Å²) < 4.78 is 5.24. The SMILES string of the molecule is COc1ccc(N2CCN(C(=O)O)CC2C(=O)N(Cc2ccccc2)C2CC2)cc1. The van der Waals surface area contributed by atoms with Crippen molar-refractivity contribution in [2.45, 2.75) is 31.5 Å². The second-order valence-electron chi connectivity index (χ2n) is 7.82. The number of nitrogens with zero attached hydrogens (tertiary/aromatic N) is 3. The number of carbonyl (C=O) groups excluding carboxylic acids is 1. The van der Waals surface area contributed by atoms with Crippen molar-refractivity contribution in [1.82, 2.24) is 9.80 Å². The molecule has 1 aliphatic carbocycles. The first-order valence-corrected chi connectivity index (χ1v) is 10.3. The average molecular weight is 409 g/mol. The molecule has 2 amide bonds. The minimum Gasteiger partial charge on any atom is -0.497 e. The molecule has 2 aromatic carbocycles. The topological polar surface area (TPSA) is 73.3 Å². The zero-order valence-electron chi connectivity index (χ0n) is 17.1. The summed E-state index contributed by atoms with van der Waals surface area (Å²) in [6.45, 7) is 1.55. The number of hydrogen-bond acceptors (Lipinski definition) is 4. The molecule has 1 saturated heterocycles. The van der Waals surface area contributed by atoms with E-state index in [1.165, 1.54) is 4.90 Å². The van der Waals surface area contributed by atoms with Crippen LogP contribution in [0.15, 0.2) is 54.6 Å². The number of carboxylic acid groups (broad SMARTS) is 1. The summed E-state index contributed by atoms with van der Waals surface area (Å²) >= 11 is 0. The first-order valence-electron chi connectivity index (χ1n) is 10.3. The standard InChI is InChI=1S/C23H27N3O4/c1-30-20-11-9-18(10-12-20)25-14-13-24(23(28)29)16-21(25)22(27)26(19-7-8-19)15-17-5-3-2-4-6-17/h2-6,9-12,19,21H,7-8,13-16H2,1H3,(H,28,29). The lowest BCUT2D eigenvalue weighted by Crippen LogP contribution is -2.61. The number of methoxy groups -OCH3 is 1. The smallest absolute Gasteiger partial charge is 0.407 e. The maximum atomic E-state index is 13.7. The Morgan fingerprint density at radius 1 is 1.07 bits per heavy atom. The second kappa shape index (κ2) is 8.65. The summed E-state index contributed by atoms with van der Waals surface area (Å²) in [5.74, 6) is 0.734. The van der Waals surface area contributed by atoms with Crippen molar-refractivity contribution >= 4 is 17.7 Å². The van der Waals surface area contributed by atoms with Gasteiger partial charge in [0.1, 0.15) is 11.8 Å². The van der Waals surface area contributed by atoms with Gasteiger partial charge in [-0.3, -0.25) is 4.79 Å². The van der Waals surface area contributed by atoms with Gasteiger partial charge in [0, 0.05) is 31.4 Å². The zero-order valence-corrected chi connectivity index (χ0v) is 17.1. The van der Waals surface area contributed by atoms with E-state index in [1.54, 1.807) is 7.11 Å². The van der Waals surface area contributed by atoms with Gasteiger partial charge in [-0.2, -0.15) is 0 Å². The molecule has 1 N–H and O–H groups in total. The Kier molecular flexibility index (Phi) is 5.79. The fraction of sp³-hybridized carbons (Fsp3) is 0.391. The summed E-state index contributed by atoms with van der Waals surface area (Å²) in [7, 11) is 1.62. The Morgan fingerprint density at radius 3 is 2.37 bits per heavy atom. The Balaban J connectivity index is 1.60. The molecule has 158 valence electrons.